The quantitative estimate of drug-likeness (QED) is 0.780. The number of carbonyl (C=O) groups excluding carboxylic acids is 1. The molecule has 0 saturated carbocycles. The van der Waals surface area contributed by atoms with Crippen molar-refractivity contribution in [1.82, 2.24) is 10.2 Å². The van der Waals surface area contributed by atoms with Crippen molar-refractivity contribution in [3.05, 3.63) is 70.8 Å². The van der Waals surface area contributed by atoms with Crippen molar-refractivity contribution in [3.63, 3.8) is 0 Å². The number of hydrogen-bond acceptors (Lipinski definition) is 3. The number of benzene rings is 2. The molecule has 0 unspecified atom stereocenters. The Morgan fingerprint density at radius 1 is 1.08 bits per heavy atom. The molecule has 0 aromatic heterocycles. The second-order valence-electron chi connectivity index (χ2n) is 6.31. The van der Waals surface area contributed by atoms with Gasteiger partial charge < -0.3 is 11.1 Å². The van der Waals surface area contributed by atoms with Crippen molar-refractivity contribution >= 4 is 18.3 Å². The third-order valence-electron chi connectivity index (χ3n) is 4.60. The van der Waals surface area contributed by atoms with E-state index in [-0.39, 0.29) is 18.3 Å². The zero-order valence-electron chi connectivity index (χ0n) is 14.4. The fourth-order valence-corrected chi connectivity index (χ4v) is 3.14. The van der Waals surface area contributed by atoms with Gasteiger partial charge in [0, 0.05) is 38.3 Å². The first-order chi connectivity index (χ1) is 11.8. The topological polar surface area (TPSA) is 58.4 Å². The van der Waals surface area contributed by atoms with Crippen LogP contribution in [0.15, 0.2) is 48.5 Å². The molecule has 1 aliphatic heterocycles. The van der Waals surface area contributed by atoms with Crippen molar-refractivity contribution in [2.75, 3.05) is 19.6 Å². The van der Waals surface area contributed by atoms with Crippen LogP contribution in [-0.4, -0.2) is 30.4 Å². The summed E-state index contributed by atoms with van der Waals surface area (Å²) in [5.41, 5.74) is 10.2. The van der Waals surface area contributed by atoms with E-state index in [0.717, 1.165) is 38.0 Å². The highest BCUT2D eigenvalue weighted by molar-refractivity contribution is 5.94. The standard InChI is InChI=1S/C20H25N3O.ClH/c21-14-16-6-8-18(9-7-16)20(24)22-11-3-12-23-13-10-17-4-1-2-5-19(17)15-23;/h1-2,4-9H,3,10-15,21H2,(H,22,24);1H. The first-order valence-corrected chi connectivity index (χ1v) is 8.62. The van der Waals surface area contributed by atoms with Crippen LogP contribution in [0.2, 0.25) is 0 Å². The predicted molar refractivity (Wildman–Crippen MR) is 104 cm³/mol. The van der Waals surface area contributed by atoms with Crippen LogP contribution in [0.1, 0.15) is 33.5 Å². The lowest BCUT2D eigenvalue weighted by molar-refractivity contribution is 0.0951. The van der Waals surface area contributed by atoms with Crippen LogP contribution < -0.4 is 11.1 Å². The van der Waals surface area contributed by atoms with Gasteiger partial charge in [0.15, 0.2) is 0 Å². The zero-order chi connectivity index (χ0) is 16.8. The number of nitrogens with zero attached hydrogens (tertiary/aromatic N) is 1. The van der Waals surface area contributed by atoms with E-state index in [1.807, 2.05) is 24.3 Å². The molecule has 3 rings (SSSR count). The van der Waals surface area contributed by atoms with E-state index >= 15 is 0 Å². The highest BCUT2D eigenvalue weighted by atomic mass is 35.5. The van der Waals surface area contributed by atoms with Crippen molar-refractivity contribution < 1.29 is 4.79 Å². The SMILES string of the molecule is Cl.NCc1ccc(C(=O)NCCCN2CCc3ccccc3C2)cc1. The molecule has 0 saturated heterocycles. The molecule has 134 valence electrons. The maximum absolute atomic E-state index is 12.1. The monoisotopic (exact) mass is 359 g/mol. The van der Waals surface area contributed by atoms with Crippen LogP contribution in [0.25, 0.3) is 0 Å². The van der Waals surface area contributed by atoms with Crippen molar-refractivity contribution in [2.24, 2.45) is 5.73 Å². The normalized spacial score (nSPS) is 13.6. The maximum atomic E-state index is 12.1. The third-order valence-corrected chi connectivity index (χ3v) is 4.60. The lowest BCUT2D eigenvalue weighted by Gasteiger charge is -2.28. The van der Waals surface area contributed by atoms with E-state index in [1.165, 1.54) is 11.1 Å². The number of halogens is 1. The Hall–Kier alpha value is -1.88. The third kappa shape index (κ3) is 5.30. The zero-order valence-corrected chi connectivity index (χ0v) is 15.2. The van der Waals surface area contributed by atoms with Gasteiger partial charge in [0.2, 0.25) is 0 Å². The van der Waals surface area contributed by atoms with E-state index in [0.29, 0.717) is 18.7 Å². The van der Waals surface area contributed by atoms with Crippen LogP contribution in [-0.2, 0) is 19.5 Å². The summed E-state index contributed by atoms with van der Waals surface area (Å²) in [6.07, 6.45) is 2.09. The maximum Gasteiger partial charge on any atom is 0.251 e. The molecule has 1 amide bonds. The molecule has 2 aromatic carbocycles. The Morgan fingerprint density at radius 2 is 1.80 bits per heavy atom. The first kappa shape index (κ1) is 19.4. The Balaban J connectivity index is 0.00000225. The number of nitrogens with two attached hydrogens (primary N) is 1. The fraction of sp³-hybridized carbons (Fsp3) is 0.350. The van der Waals surface area contributed by atoms with Gasteiger partial charge in [-0.3, -0.25) is 9.69 Å². The molecule has 0 fully saturated rings. The molecule has 3 N–H and O–H groups in total. The van der Waals surface area contributed by atoms with Gasteiger partial charge in [0.25, 0.3) is 5.91 Å². The number of amides is 1. The molecule has 4 nitrogen and oxygen atoms in total. The molecule has 0 spiro atoms. The lowest BCUT2D eigenvalue weighted by atomic mass is 10.00. The van der Waals surface area contributed by atoms with Crippen LogP contribution in [0.4, 0.5) is 0 Å². The van der Waals surface area contributed by atoms with E-state index < -0.39 is 0 Å². The van der Waals surface area contributed by atoms with Gasteiger partial charge in [-0.05, 0) is 41.7 Å². The van der Waals surface area contributed by atoms with E-state index in [2.05, 4.69) is 34.5 Å². The van der Waals surface area contributed by atoms with Gasteiger partial charge in [-0.15, -0.1) is 12.4 Å². The summed E-state index contributed by atoms with van der Waals surface area (Å²) >= 11 is 0. The minimum absolute atomic E-state index is 0. The summed E-state index contributed by atoms with van der Waals surface area (Å²) in [6.45, 7) is 4.34. The Morgan fingerprint density at radius 3 is 2.52 bits per heavy atom. The molecular weight excluding hydrogens is 334 g/mol. The van der Waals surface area contributed by atoms with Gasteiger partial charge >= 0.3 is 0 Å². The molecule has 1 aliphatic rings. The molecule has 0 bridgehead atoms. The molecule has 5 heteroatoms. The molecule has 25 heavy (non-hydrogen) atoms. The average Bonchev–Trinajstić information content (AvgIpc) is 2.65. The second-order valence-corrected chi connectivity index (χ2v) is 6.31. The molecule has 1 heterocycles. The summed E-state index contributed by atoms with van der Waals surface area (Å²) in [5, 5.41) is 3.00. The highest BCUT2D eigenvalue weighted by Crippen LogP contribution is 2.18. The van der Waals surface area contributed by atoms with Crippen LogP contribution in [0.3, 0.4) is 0 Å². The molecular formula is C20H26ClN3O. The van der Waals surface area contributed by atoms with E-state index in [9.17, 15) is 4.79 Å². The van der Waals surface area contributed by atoms with Gasteiger partial charge in [-0.2, -0.15) is 0 Å². The number of nitrogens with one attached hydrogen (secondary N) is 1. The highest BCUT2D eigenvalue weighted by Gasteiger charge is 2.15. The summed E-state index contributed by atoms with van der Waals surface area (Å²) < 4.78 is 0. The lowest BCUT2D eigenvalue weighted by Crippen LogP contribution is -2.33. The van der Waals surface area contributed by atoms with Gasteiger partial charge in [-0.25, -0.2) is 0 Å². The second kappa shape index (κ2) is 9.56. The minimum Gasteiger partial charge on any atom is -0.352 e. The van der Waals surface area contributed by atoms with Crippen LogP contribution >= 0.6 is 12.4 Å². The summed E-state index contributed by atoms with van der Waals surface area (Å²) in [4.78, 5) is 14.6. The van der Waals surface area contributed by atoms with Crippen LogP contribution in [0, 0.1) is 0 Å². The van der Waals surface area contributed by atoms with E-state index in [4.69, 9.17) is 5.73 Å². The van der Waals surface area contributed by atoms with Crippen LogP contribution in [0.5, 0.6) is 0 Å². The fourth-order valence-electron chi connectivity index (χ4n) is 3.14. The predicted octanol–water partition coefficient (Wildman–Crippen LogP) is 2.75. The summed E-state index contributed by atoms with van der Waals surface area (Å²) in [7, 11) is 0. The first-order valence-electron chi connectivity index (χ1n) is 8.62. The number of fused-ring (bicyclic) bond motifs is 1. The number of hydrogen-bond donors (Lipinski definition) is 2. The average molecular weight is 360 g/mol. The van der Waals surface area contributed by atoms with Gasteiger partial charge in [0.1, 0.15) is 0 Å². The number of carbonyl (C=O) groups is 1. The van der Waals surface area contributed by atoms with Gasteiger partial charge in [0.05, 0.1) is 0 Å². The van der Waals surface area contributed by atoms with Crippen molar-refractivity contribution in [3.8, 4) is 0 Å². The van der Waals surface area contributed by atoms with E-state index in [1.54, 1.807) is 0 Å². The molecule has 2 aromatic rings. The Bertz CT molecular complexity index is 688. The summed E-state index contributed by atoms with van der Waals surface area (Å²) in [5.74, 6) is -0.0115. The molecule has 0 radical (unpaired) electrons. The van der Waals surface area contributed by atoms with Gasteiger partial charge in [-0.1, -0.05) is 36.4 Å². The molecule has 0 atom stereocenters. The minimum atomic E-state index is -0.0115. The molecule has 0 aliphatic carbocycles. The Kier molecular flexibility index (Phi) is 7.44. The van der Waals surface area contributed by atoms with Crippen molar-refractivity contribution in [1.29, 1.82) is 0 Å². The smallest absolute Gasteiger partial charge is 0.251 e. The largest absolute Gasteiger partial charge is 0.352 e. The summed E-state index contributed by atoms with van der Waals surface area (Å²) in [6, 6.07) is 16.1. The number of rotatable bonds is 6. The Labute approximate surface area is 155 Å². The van der Waals surface area contributed by atoms with Crippen molar-refractivity contribution in [2.45, 2.75) is 25.9 Å².